The van der Waals surface area contributed by atoms with E-state index in [-0.39, 0.29) is 35.2 Å². The fourth-order valence-corrected chi connectivity index (χ4v) is 6.22. The quantitative estimate of drug-likeness (QED) is 0.401. The Morgan fingerprint density at radius 2 is 1.70 bits per heavy atom. The Hall–Kier alpha value is -2.51. The van der Waals surface area contributed by atoms with Gasteiger partial charge in [-0.25, -0.2) is 8.78 Å². The van der Waals surface area contributed by atoms with Gasteiger partial charge in [0, 0.05) is 61.7 Å². The maximum Gasteiger partial charge on any atom is 0.227 e. The fraction of sp³-hybridized carbons (Fsp3) is 0.562. The molecule has 5 nitrogen and oxygen atoms in total. The monoisotopic (exact) mass is 573 g/mol. The number of nitrogens with zero attached hydrogens (tertiary/aromatic N) is 3. The highest BCUT2D eigenvalue weighted by molar-refractivity contribution is 6.30. The molecule has 2 saturated heterocycles. The molecule has 3 atom stereocenters. The zero-order valence-electron chi connectivity index (χ0n) is 24.3. The van der Waals surface area contributed by atoms with Gasteiger partial charge in [0.2, 0.25) is 11.8 Å². The van der Waals surface area contributed by atoms with E-state index in [1.165, 1.54) is 12.1 Å². The third kappa shape index (κ3) is 7.03. The van der Waals surface area contributed by atoms with Crippen molar-refractivity contribution in [3.63, 3.8) is 0 Å². The van der Waals surface area contributed by atoms with Crippen LogP contribution in [0.4, 0.5) is 8.78 Å². The second kappa shape index (κ2) is 12.6. The standard InChI is InChI=1S/C32H42ClF2N3O2/c1-21(2)17-30(39)38-16-15-36(14-6-7-29(38)22-8-10-23(33)11-9-22)31(40)27-20-37(32(3,4)5)19-26(27)25-13-12-24(34)18-28(25)35/h8-13,18,21,26-27,29H,6-7,14-17,19-20H2,1-5H3. The van der Waals surface area contributed by atoms with Crippen LogP contribution in [0.1, 0.15) is 77.0 Å². The average Bonchev–Trinajstić information content (AvgIpc) is 3.30. The van der Waals surface area contributed by atoms with Gasteiger partial charge in [0.25, 0.3) is 0 Å². The molecule has 2 aliphatic heterocycles. The predicted molar refractivity (Wildman–Crippen MR) is 155 cm³/mol. The molecule has 0 aromatic heterocycles. The maximum absolute atomic E-state index is 15.0. The summed E-state index contributed by atoms with van der Waals surface area (Å²) >= 11 is 6.13. The molecule has 40 heavy (non-hydrogen) atoms. The minimum Gasteiger partial charge on any atom is -0.341 e. The smallest absolute Gasteiger partial charge is 0.227 e. The van der Waals surface area contributed by atoms with Crippen molar-refractivity contribution in [2.45, 2.75) is 71.4 Å². The lowest BCUT2D eigenvalue weighted by atomic mass is 9.87. The lowest BCUT2D eigenvalue weighted by Crippen LogP contribution is -2.48. The molecule has 2 heterocycles. The van der Waals surface area contributed by atoms with Gasteiger partial charge in [-0.15, -0.1) is 0 Å². The van der Waals surface area contributed by atoms with Gasteiger partial charge in [0.05, 0.1) is 12.0 Å². The SMILES string of the molecule is CC(C)CC(=O)N1CCN(C(=O)C2CN(C(C)(C)C)CC2c2ccc(F)cc2F)CCCC1c1ccc(Cl)cc1. The predicted octanol–water partition coefficient (Wildman–Crippen LogP) is 6.67. The van der Waals surface area contributed by atoms with Crippen LogP contribution in [0.5, 0.6) is 0 Å². The van der Waals surface area contributed by atoms with E-state index in [1.54, 1.807) is 0 Å². The van der Waals surface area contributed by atoms with Gasteiger partial charge in [-0.2, -0.15) is 0 Å². The van der Waals surface area contributed by atoms with Crippen LogP contribution in [0.3, 0.4) is 0 Å². The summed E-state index contributed by atoms with van der Waals surface area (Å²) in [5.41, 5.74) is 1.23. The van der Waals surface area contributed by atoms with Crippen LogP contribution < -0.4 is 0 Å². The number of hydrogen-bond acceptors (Lipinski definition) is 3. The highest BCUT2D eigenvalue weighted by Crippen LogP contribution is 2.39. The molecule has 4 rings (SSSR count). The lowest BCUT2D eigenvalue weighted by Gasteiger charge is -2.38. The van der Waals surface area contributed by atoms with Crippen LogP contribution in [0.25, 0.3) is 0 Å². The van der Waals surface area contributed by atoms with E-state index in [0.717, 1.165) is 24.5 Å². The van der Waals surface area contributed by atoms with Gasteiger partial charge >= 0.3 is 0 Å². The van der Waals surface area contributed by atoms with E-state index in [9.17, 15) is 18.4 Å². The van der Waals surface area contributed by atoms with Gasteiger partial charge in [-0.05, 0) is 68.9 Å². The Labute approximate surface area is 242 Å². The topological polar surface area (TPSA) is 43.9 Å². The van der Waals surface area contributed by atoms with E-state index in [0.29, 0.717) is 49.7 Å². The molecule has 218 valence electrons. The highest BCUT2D eigenvalue weighted by Gasteiger charge is 2.44. The van der Waals surface area contributed by atoms with Crippen molar-refractivity contribution in [1.29, 1.82) is 0 Å². The van der Waals surface area contributed by atoms with Crippen molar-refractivity contribution in [2.75, 3.05) is 32.7 Å². The molecule has 8 heteroatoms. The van der Waals surface area contributed by atoms with Gasteiger partial charge < -0.3 is 9.80 Å². The van der Waals surface area contributed by atoms with Crippen molar-refractivity contribution in [2.24, 2.45) is 11.8 Å². The lowest BCUT2D eigenvalue weighted by molar-refractivity contribution is -0.141. The zero-order valence-corrected chi connectivity index (χ0v) is 25.1. The second-order valence-corrected chi connectivity index (χ2v) is 13.1. The number of amides is 2. The van der Waals surface area contributed by atoms with Crippen LogP contribution in [-0.4, -0.2) is 64.8 Å². The zero-order chi connectivity index (χ0) is 29.2. The van der Waals surface area contributed by atoms with E-state index >= 15 is 0 Å². The van der Waals surface area contributed by atoms with Crippen LogP contribution >= 0.6 is 11.6 Å². The fourth-order valence-electron chi connectivity index (χ4n) is 6.10. The summed E-state index contributed by atoms with van der Waals surface area (Å²) in [6, 6.07) is 11.2. The molecule has 0 saturated carbocycles. The number of carbonyl (C=O) groups is 2. The summed E-state index contributed by atoms with van der Waals surface area (Å²) < 4.78 is 28.7. The van der Waals surface area contributed by atoms with Crippen LogP contribution in [0.15, 0.2) is 42.5 Å². The molecule has 3 unspecified atom stereocenters. The second-order valence-electron chi connectivity index (χ2n) is 12.7. The molecule has 0 aliphatic carbocycles. The number of carbonyl (C=O) groups excluding carboxylic acids is 2. The number of likely N-dealkylation sites (tertiary alicyclic amines) is 1. The van der Waals surface area contributed by atoms with E-state index < -0.39 is 17.6 Å². The first-order valence-corrected chi connectivity index (χ1v) is 14.8. The van der Waals surface area contributed by atoms with Gasteiger partial charge in [-0.1, -0.05) is 43.6 Å². The third-order valence-corrected chi connectivity index (χ3v) is 8.56. The minimum absolute atomic E-state index is 0.0262. The molecule has 0 spiro atoms. The van der Waals surface area contributed by atoms with Crippen molar-refractivity contribution >= 4 is 23.4 Å². The molecular weight excluding hydrogens is 532 g/mol. The molecular formula is C32H42ClF2N3O2. The number of hydrogen-bond donors (Lipinski definition) is 0. The van der Waals surface area contributed by atoms with Gasteiger partial charge in [0.15, 0.2) is 0 Å². The first kappa shape index (κ1) is 30.4. The summed E-state index contributed by atoms with van der Waals surface area (Å²) in [7, 11) is 0. The molecule has 2 aromatic rings. The van der Waals surface area contributed by atoms with Crippen molar-refractivity contribution < 1.29 is 18.4 Å². The van der Waals surface area contributed by atoms with Crippen molar-refractivity contribution in [3.8, 4) is 0 Å². The van der Waals surface area contributed by atoms with Crippen LogP contribution in [0, 0.1) is 23.5 Å². The highest BCUT2D eigenvalue weighted by atomic mass is 35.5. The molecule has 2 amide bonds. The Morgan fingerprint density at radius 1 is 1.00 bits per heavy atom. The van der Waals surface area contributed by atoms with Crippen molar-refractivity contribution in [1.82, 2.24) is 14.7 Å². The maximum atomic E-state index is 15.0. The van der Waals surface area contributed by atoms with E-state index in [2.05, 4.69) is 25.7 Å². The first-order chi connectivity index (χ1) is 18.8. The van der Waals surface area contributed by atoms with Crippen LogP contribution in [0.2, 0.25) is 5.02 Å². The van der Waals surface area contributed by atoms with Crippen molar-refractivity contribution in [3.05, 3.63) is 70.2 Å². The Balaban J connectivity index is 1.58. The Kier molecular flexibility index (Phi) is 9.56. The molecule has 2 aliphatic rings. The van der Waals surface area contributed by atoms with E-state index in [4.69, 9.17) is 11.6 Å². The molecule has 2 fully saturated rings. The van der Waals surface area contributed by atoms with E-state index in [1.807, 2.05) is 47.9 Å². The Morgan fingerprint density at radius 3 is 2.33 bits per heavy atom. The Bertz CT molecular complexity index is 1200. The number of rotatable bonds is 5. The minimum atomic E-state index is -0.625. The number of halogens is 3. The molecule has 0 radical (unpaired) electrons. The number of benzene rings is 2. The largest absolute Gasteiger partial charge is 0.341 e. The summed E-state index contributed by atoms with van der Waals surface area (Å²) in [6.45, 7) is 12.8. The summed E-state index contributed by atoms with van der Waals surface area (Å²) in [5.74, 6) is -1.79. The van der Waals surface area contributed by atoms with Crippen LogP contribution in [-0.2, 0) is 9.59 Å². The summed E-state index contributed by atoms with van der Waals surface area (Å²) in [5, 5.41) is 0.652. The molecule has 0 N–H and O–H groups in total. The van der Waals surface area contributed by atoms with Gasteiger partial charge in [-0.3, -0.25) is 14.5 Å². The summed E-state index contributed by atoms with van der Waals surface area (Å²) in [6.07, 6.45) is 1.90. The molecule has 2 aromatic carbocycles. The first-order valence-electron chi connectivity index (χ1n) is 14.4. The normalized spacial score (nSPS) is 22.9. The average molecular weight is 574 g/mol. The molecule has 0 bridgehead atoms. The van der Waals surface area contributed by atoms with Gasteiger partial charge in [0.1, 0.15) is 11.6 Å². The summed E-state index contributed by atoms with van der Waals surface area (Å²) in [4.78, 5) is 33.6. The third-order valence-electron chi connectivity index (χ3n) is 8.31.